The second kappa shape index (κ2) is 9.84. The predicted molar refractivity (Wildman–Crippen MR) is 121 cm³/mol. The summed E-state index contributed by atoms with van der Waals surface area (Å²) in [5.41, 5.74) is 4.79. The largest absolute Gasteiger partial charge is 0.496 e. The van der Waals surface area contributed by atoms with Crippen LogP contribution in [0.15, 0.2) is 55.1 Å². The van der Waals surface area contributed by atoms with Crippen LogP contribution in [0.25, 0.3) is 0 Å². The van der Waals surface area contributed by atoms with E-state index >= 15 is 0 Å². The average molecular weight is 408 g/mol. The Balaban J connectivity index is 1.64. The van der Waals surface area contributed by atoms with E-state index in [0.29, 0.717) is 19.0 Å². The van der Waals surface area contributed by atoms with Crippen LogP contribution < -0.4 is 4.74 Å². The molecule has 1 saturated heterocycles. The minimum atomic E-state index is -0.219. The molecule has 160 valence electrons. The molecule has 0 unspecified atom stereocenters. The lowest BCUT2D eigenvalue weighted by molar-refractivity contribution is 0.107. The summed E-state index contributed by atoms with van der Waals surface area (Å²) < 4.78 is 11.2. The summed E-state index contributed by atoms with van der Waals surface area (Å²) in [6.07, 6.45) is 3.19. The van der Waals surface area contributed by atoms with E-state index in [0.717, 1.165) is 29.7 Å². The number of nitrogens with zero attached hydrogens (tertiary/aromatic N) is 1. The summed E-state index contributed by atoms with van der Waals surface area (Å²) >= 11 is 0. The zero-order chi connectivity index (χ0) is 21.7. The van der Waals surface area contributed by atoms with Crippen LogP contribution in [0.5, 0.6) is 5.75 Å². The van der Waals surface area contributed by atoms with E-state index in [9.17, 15) is 4.79 Å². The Hall–Kier alpha value is -2.75. The average Bonchev–Trinajstić information content (AvgIpc) is 3.09. The van der Waals surface area contributed by atoms with Crippen molar-refractivity contribution in [3.63, 3.8) is 0 Å². The van der Waals surface area contributed by atoms with Crippen molar-refractivity contribution in [1.82, 2.24) is 4.90 Å². The first-order valence-corrected chi connectivity index (χ1v) is 10.7. The number of methoxy groups -OCH3 is 1. The molecule has 1 fully saturated rings. The Bertz CT molecular complexity index is 890. The molecule has 3 rings (SSSR count). The van der Waals surface area contributed by atoms with Gasteiger partial charge in [0.05, 0.1) is 13.7 Å². The number of cyclic esters (lactones) is 1. The number of hydrogen-bond acceptors (Lipinski definition) is 3. The maximum Gasteiger partial charge on any atom is 0.410 e. The summed E-state index contributed by atoms with van der Waals surface area (Å²) in [6.45, 7) is 11.6. The van der Waals surface area contributed by atoms with Gasteiger partial charge in [0.15, 0.2) is 0 Å². The van der Waals surface area contributed by atoms with Gasteiger partial charge in [-0.05, 0) is 53.0 Å². The van der Waals surface area contributed by atoms with E-state index in [2.05, 4.69) is 63.7 Å². The van der Waals surface area contributed by atoms with Gasteiger partial charge in [-0.3, -0.25) is 0 Å². The van der Waals surface area contributed by atoms with Gasteiger partial charge in [-0.25, -0.2) is 4.79 Å². The first kappa shape index (κ1) is 21.9. The highest BCUT2D eigenvalue weighted by Crippen LogP contribution is 2.27. The van der Waals surface area contributed by atoms with Gasteiger partial charge < -0.3 is 14.4 Å². The van der Waals surface area contributed by atoms with Gasteiger partial charge in [-0.15, -0.1) is 6.58 Å². The Morgan fingerprint density at radius 2 is 2.00 bits per heavy atom. The van der Waals surface area contributed by atoms with Crippen LogP contribution in [0.3, 0.4) is 0 Å². The molecule has 0 saturated carbocycles. The second-order valence-electron chi connectivity index (χ2n) is 8.52. The molecule has 1 aliphatic rings. The Kier molecular flexibility index (Phi) is 7.20. The van der Waals surface area contributed by atoms with E-state index in [4.69, 9.17) is 9.47 Å². The molecule has 4 nitrogen and oxygen atoms in total. The van der Waals surface area contributed by atoms with Gasteiger partial charge in [-0.2, -0.15) is 0 Å². The van der Waals surface area contributed by atoms with Crippen LogP contribution in [0.1, 0.15) is 48.9 Å². The van der Waals surface area contributed by atoms with Gasteiger partial charge in [0.1, 0.15) is 11.9 Å². The lowest BCUT2D eigenvalue weighted by atomic mass is 9.94. The van der Waals surface area contributed by atoms with Gasteiger partial charge in [0.2, 0.25) is 0 Å². The number of benzene rings is 2. The van der Waals surface area contributed by atoms with E-state index < -0.39 is 0 Å². The smallest absolute Gasteiger partial charge is 0.410 e. The van der Waals surface area contributed by atoms with Crippen LogP contribution in [-0.2, 0) is 24.1 Å². The van der Waals surface area contributed by atoms with E-state index in [-0.39, 0.29) is 18.1 Å². The fraction of sp³-hybridized carbons (Fsp3) is 0.423. The molecule has 1 amide bonds. The third-order valence-electron chi connectivity index (χ3n) is 5.80. The molecular formula is C26H33NO3. The van der Waals surface area contributed by atoms with Crippen LogP contribution in [0.4, 0.5) is 4.79 Å². The lowest BCUT2D eigenvalue weighted by Gasteiger charge is -2.19. The zero-order valence-corrected chi connectivity index (χ0v) is 18.6. The second-order valence-corrected chi connectivity index (χ2v) is 8.52. The van der Waals surface area contributed by atoms with Crippen molar-refractivity contribution < 1.29 is 14.3 Å². The summed E-state index contributed by atoms with van der Waals surface area (Å²) in [6, 6.07) is 14.7. The van der Waals surface area contributed by atoms with Crippen LogP contribution in [0.2, 0.25) is 0 Å². The molecule has 0 radical (unpaired) electrons. The standard InChI is InChI=1S/C26H33NO3/c1-6-8-23-14-20(11-12-24(23)29-5)13-19(4)25-17-27(26(28)30-25)16-21-9-7-10-22(15-21)18(2)3/h6-7,9-12,14-15,18-19,25H,1,8,13,16-17H2,2-5H3/t19-,25+/m0/s1. The highest BCUT2D eigenvalue weighted by atomic mass is 16.6. The van der Waals surface area contributed by atoms with Crippen molar-refractivity contribution in [2.75, 3.05) is 13.7 Å². The van der Waals surface area contributed by atoms with Gasteiger partial charge >= 0.3 is 6.09 Å². The first-order chi connectivity index (χ1) is 14.4. The summed E-state index contributed by atoms with van der Waals surface area (Å²) in [7, 11) is 1.69. The third kappa shape index (κ3) is 5.24. The number of allylic oxidation sites excluding steroid dienone is 1. The van der Waals surface area contributed by atoms with Crippen molar-refractivity contribution in [2.24, 2.45) is 5.92 Å². The highest BCUT2D eigenvalue weighted by molar-refractivity contribution is 5.70. The van der Waals surface area contributed by atoms with Crippen molar-refractivity contribution >= 4 is 6.09 Å². The molecule has 2 atom stereocenters. The van der Waals surface area contributed by atoms with E-state index in [1.54, 1.807) is 7.11 Å². The molecule has 30 heavy (non-hydrogen) atoms. The van der Waals surface area contributed by atoms with Crippen molar-refractivity contribution in [2.45, 2.75) is 52.2 Å². The fourth-order valence-corrected chi connectivity index (χ4v) is 4.01. The summed E-state index contributed by atoms with van der Waals surface area (Å²) in [4.78, 5) is 14.3. The lowest BCUT2D eigenvalue weighted by Crippen LogP contribution is -2.27. The van der Waals surface area contributed by atoms with Crippen LogP contribution in [0, 0.1) is 5.92 Å². The van der Waals surface area contributed by atoms with Crippen LogP contribution >= 0.6 is 0 Å². The Morgan fingerprint density at radius 3 is 2.70 bits per heavy atom. The highest BCUT2D eigenvalue weighted by Gasteiger charge is 2.34. The minimum absolute atomic E-state index is 0.101. The summed E-state index contributed by atoms with van der Waals surface area (Å²) in [5.74, 6) is 1.58. The molecule has 0 aliphatic carbocycles. The minimum Gasteiger partial charge on any atom is -0.496 e. The topological polar surface area (TPSA) is 38.8 Å². The molecule has 2 aromatic carbocycles. The molecule has 4 heteroatoms. The maximum atomic E-state index is 12.5. The van der Waals surface area contributed by atoms with Crippen molar-refractivity contribution in [3.05, 3.63) is 77.4 Å². The third-order valence-corrected chi connectivity index (χ3v) is 5.80. The van der Waals surface area contributed by atoms with Crippen LogP contribution in [-0.4, -0.2) is 30.8 Å². The van der Waals surface area contributed by atoms with Gasteiger partial charge in [0, 0.05) is 6.54 Å². The maximum absolute atomic E-state index is 12.5. The predicted octanol–water partition coefficient (Wildman–Crippen LogP) is 5.75. The molecular weight excluding hydrogens is 374 g/mol. The number of hydrogen-bond donors (Lipinski definition) is 0. The zero-order valence-electron chi connectivity index (χ0n) is 18.6. The first-order valence-electron chi connectivity index (χ1n) is 10.7. The quantitative estimate of drug-likeness (QED) is 0.497. The van der Waals surface area contributed by atoms with Gasteiger partial charge in [-0.1, -0.05) is 63.2 Å². The Labute approximate surface area is 180 Å². The summed E-state index contributed by atoms with van der Waals surface area (Å²) in [5, 5.41) is 0. The Morgan fingerprint density at radius 1 is 1.20 bits per heavy atom. The molecule has 0 bridgehead atoms. The molecule has 0 spiro atoms. The molecule has 0 aromatic heterocycles. The number of carbonyl (C=O) groups is 1. The van der Waals surface area contributed by atoms with Gasteiger partial charge in [0.25, 0.3) is 0 Å². The monoisotopic (exact) mass is 407 g/mol. The molecule has 1 aliphatic heterocycles. The van der Waals surface area contributed by atoms with E-state index in [1.165, 1.54) is 11.1 Å². The van der Waals surface area contributed by atoms with Crippen molar-refractivity contribution in [3.8, 4) is 5.75 Å². The normalized spacial score (nSPS) is 17.2. The number of ether oxygens (including phenoxy) is 2. The van der Waals surface area contributed by atoms with Crippen molar-refractivity contribution in [1.29, 1.82) is 0 Å². The van der Waals surface area contributed by atoms with E-state index in [1.807, 2.05) is 17.0 Å². The number of amides is 1. The number of rotatable bonds is 9. The fourth-order valence-electron chi connectivity index (χ4n) is 4.01. The number of carbonyl (C=O) groups excluding carboxylic acids is 1. The SMILES string of the molecule is C=CCc1cc(C[C@H](C)[C@H]2CN(Cc3cccc(C(C)C)c3)C(=O)O2)ccc1OC. The molecule has 1 heterocycles. The molecule has 2 aromatic rings. The molecule has 0 N–H and O–H groups in total.